The van der Waals surface area contributed by atoms with E-state index in [4.69, 9.17) is 10.5 Å². The average molecular weight is 279 g/mol. The van der Waals surface area contributed by atoms with Crippen LogP contribution in [0, 0.1) is 0 Å². The number of nitrogens with two attached hydrogens (primary N) is 1. The van der Waals surface area contributed by atoms with Gasteiger partial charge in [0.1, 0.15) is 0 Å². The average Bonchev–Trinajstić information content (AvgIpc) is 2.46. The van der Waals surface area contributed by atoms with Gasteiger partial charge in [-0.3, -0.25) is 4.90 Å². The van der Waals surface area contributed by atoms with Crippen molar-refractivity contribution < 1.29 is 9.84 Å². The molecule has 5 heteroatoms. The van der Waals surface area contributed by atoms with E-state index in [-0.39, 0.29) is 11.8 Å². The molecule has 2 unspecified atom stereocenters. The molecular formula is C15H25N3O2. The molecule has 1 heterocycles. The fourth-order valence-corrected chi connectivity index (χ4v) is 2.89. The number of ether oxygens (including phenoxy) is 1. The number of nitrogens with zero attached hydrogens (tertiary/aromatic N) is 2. The van der Waals surface area contributed by atoms with Crippen LogP contribution in [0.3, 0.4) is 0 Å². The van der Waals surface area contributed by atoms with Crippen LogP contribution >= 0.6 is 0 Å². The number of rotatable bonds is 4. The third-order valence-electron chi connectivity index (χ3n) is 4.19. The number of hydrogen-bond acceptors (Lipinski definition) is 5. The Morgan fingerprint density at radius 3 is 2.85 bits per heavy atom. The normalized spacial score (nSPS) is 22.7. The minimum atomic E-state index is 0.178. The predicted octanol–water partition coefficient (Wildman–Crippen LogP) is 1.04. The predicted molar refractivity (Wildman–Crippen MR) is 80.1 cm³/mol. The summed E-state index contributed by atoms with van der Waals surface area (Å²) in [6, 6.07) is 6.17. The highest BCUT2D eigenvalue weighted by atomic mass is 16.5. The van der Waals surface area contributed by atoms with Crippen LogP contribution < -0.4 is 10.5 Å². The van der Waals surface area contributed by atoms with Gasteiger partial charge < -0.3 is 20.5 Å². The molecule has 0 amide bonds. The molecule has 1 aliphatic rings. The first-order valence-electron chi connectivity index (χ1n) is 7.08. The molecule has 0 radical (unpaired) electrons. The molecule has 1 aromatic rings. The van der Waals surface area contributed by atoms with Crippen molar-refractivity contribution in [2.45, 2.75) is 19.0 Å². The van der Waals surface area contributed by atoms with E-state index in [2.05, 4.69) is 23.8 Å². The van der Waals surface area contributed by atoms with Crippen molar-refractivity contribution in [2.75, 3.05) is 40.3 Å². The number of phenols is 1. The monoisotopic (exact) mass is 279 g/mol. The number of piperazine rings is 1. The second-order valence-electron chi connectivity index (χ2n) is 5.50. The van der Waals surface area contributed by atoms with Crippen LogP contribution in [0.5, 0.6) is 11.5 Å². The molecule has 2 rings (SSSR count). The maximum absolute atomic E-state index is 9.69. The largest absolute Gasteiger partial charge is 0.504 e. The fourth-order valence-electron chi connectivity index (χ4n) is 2.89. The van der Waals surface area contributed by atoms with E-state index in [0.717, 1.165) is 25.2 Å². The smallest absolute Gasteiger partial charge is 0.160 e. The molecule has 0 spiro atoms. The van der Waals surface area contributed by atoms with E-state index in [9.17, 15) is 5.11 Å². The molecule has 5 nitrogen and oxygen atoms in total. The number of aromatic hydroxyl groups is 1. The maximum Gasteiger partial charge on any atom is 0.160 e. The second kappa shape index (κ2) is 6.43. The summed E-state index contributed by atoms with van der Waals surface area (Å²) in [6.45, 7) is 5.89. The maximum atomic E-state index is 9.69. The highest BCUT2D eigenvalue weighted by Gasteiger charge is 2.28. The Bertz CT molecular complexity index is 453. The molecule has 3 N–H and O–H groups in total. The molecule has 1 aromatic carbocycles. The van der Waals surface area contributed by atoms with Gasteiger partial charge >= 0.3 is 0 Å². The van der Waals surface area contributed by atoms with E-state index >= 15 is 0 Å². The molecule has 0 aromatic heterocycles. The quantitative estimate of drug-likeness (QED) is 0.862. The van der Waals surface area contributed by atoms with Crippen molar-refractivity contribution >= 4 is 0 Å². The van der Waals surface area contributed by atoms with Crippen molar-refractivity contribution in [1.82, 2.24) is 9.80 Å². The van der Waals surface area contributed by atoms with Crippen molar-refractivity contribution in [2.24, 2.45) is 5.73 Å². The third-order valence-corrected chi connectivity index (χ3v) is 4.19. The first-order chi connectivity index (χ1) is 9.56. The first-order valence-corrected chi connectivity index (χ1v) is 7.08. The van der Waals surface area contributed by atoms with E-state index in [1.54, 1.807) is 13.2 Å². The molecule has 0 saturated carbocycles. The summed E-state index contributed by atoms with van der Waals surface area (Å²) in [5, 5.41) is 9.69. The van der Waals surface area contributed by atoms with Gasteiger partial charge in [0.15, 0.2) is 11.5 Å². The van der Waals surface area contributed by atoms with Crippen LogP contribution in [-0.2, 0) is 0 Å². The molecule has 112 valence electrons. The zero-order valence-electron chi connectivity index (χ0n) is 12.5. The Hall–Kier alpha value is -1.30. The van der Waals surface area contributed by atoms with Gasteiger partial charge in [-0.25, -0.2) is 0 Å². The van der Waals surface area contributed by atoms with Crippen molar-refractivity contribution in [3.8, 4) is 11.5 Å². The molecule has 0 bridgehead atoms. The Morgan fingerprint density at radius 2 is 2.20 bits per heavy atom. The number of methoxy groups -OCH3 is 1. The highest BCUT2D eigenvalue weighted by Crippen LogP contribution is 2.32. The molecule has 0 aliphatic carbocycles. The summed E-state index contributed by atoms with van der Waals surface area (Å²) in [6.07, 6.45) is 0. The van der Waals surface area contributed by atoms with Crippen molar-refractivity contribution in [3.63, 3.8) is 0 Å². The summed E-state index contributed by atoms with van der Waals surface area (Å²) in [5.74, 6) is 0.699. The van der Waals surface area contributed by atoms with Gasteiger partial charge in [0, 0.05) is 38.3 Å². The number of likely N-dealkylation sites (N-methyl/N-ethyl adjacent to an activating group) is 1. The van der Waals surface area contributed by atoms with Crippen LogP contribution in [0.2, 0.25) is 0 Å². The molecule has 20 heavy (non-hydrogen) atoms. The van der Waals surface area contributed by atoms with Crippen molar-refractivity contribution in [3.05, 3.63) is 23.8 Å². The highest BCUT2D eigenvalue weighted by molar-refractivity contribution is 5.42. The van der Waals surface area contributed by atoms with Crippen LogP contribution in [0.15, 0.2) is 18.2 Å². The molecular weight excluding hydrogens is 254 g/mol. The number of benzene rings is 1. The second-order valence-corrected chi connectivity index (χ2v) is 5.50. The van der Waals surface area contributed by atoms with Gasteiger partial charge in [0.2, 0.25) is 0 Å². The minimum Gasteiger partial charge on any atom is -0.504 e. The fraction of sp³-hybridized carbons (Fsp3) is 0.600. The Labute approximate surface area is 120 Å². The Balaban J connectivity index is 2.19. The Kier molecular flexibility index (Phi) is 4.86. The summed E-state index contributed by atoms with van der Waals surface area (Å²) >= 11 is 0. The third kappa shape index (κ3) is 3.06. The van der Waals surface area contributed by atoms with Crippen molar-refractivity contribution in [1.29, 1.82) is 0 Å². The minimum absolute atomic E-state index is 0.178. The lowest BCUT2D eigenvalue weighted by Gasteiger charge is -2.43. The zero-order chi connectivity index (χ0) is 14.7. The first kappa shape index (κ1) is 15.1. The van der Waals surface area contributed by atoms with Crippen LogP contribution in [0.4, 0.5) is 0 Å². The van der Waals surface area contributed by atoms with Gasteiger partial charge in [-0.1, -0.05) is 6.07 Å². The summed E-state index contributed by atoms with van der Waals surface area (Å²) in [5.41, 5.74) is 7.06. The van der Waals surface area contributed by atoms with E-state index in [0.29, 0.717) is 18.3 Å². The lowest BCUT2D eigenvalue weighted by atomic mass is 10.0. The topological polar surface area (TPSA) is 62.0 Å². The van der Waals surface area contributed by atoms with Crippen LogP contribution in [0.1, 0.15) is 18.5 Å². The number of phenolic OH excluding ortho intramolecular Hbond substituents is 1. The van der Waals surface area contributed by atoms with Gasteiger partial charge in [0.25, 0.3) is 0 Å². The Morgan fingerprint density at radius 1 is 1.45 bits per heavy atom. The standard InChI is InChI=1S/C15H25N3O2/c1-11(12-4-5-14(19)15(8-12)20-3)18-7-6-17(2)10-13(18)9-16/h4-5,8,11,13,19H,6-7,9-10,16H2,1-3H3. The lowest BCUT2D eigenvalue weighted by Crippen LogP contribution is -2.55. The zero-order valence-corrected chi connectivity index (χ0v) is 12.5. The van der Waals surface area contributed by atoms with Crippen LogP contribution in [0.25, 0.3) is 0 Å². The van der Waals surface area contributed by atoms with Gasteiger partial charge in [-0.2, -0.15) is 0 Å². The van der Waals surface area contributed by atoms with Crippen LogP contribution in [-0.4, -0.2) is 61.3 Å². The summed E-state index contributed by atoms with van der Waals surface area (Å²) in [4.78, 5) is 4.75. The molecule has 1 saturated heterocycles. The number of hydrogen-bond donors (Lipinski definition) is 2. The molecule has 1 fully saturated rings. The van der Waals surface area contributed by atoms with E-state index in [1.165, 1.54) is 0 Å². The van der Waals surface area contributed by atoms with E-state index < -0.39 is 0 Å². The SMILES string of the molecule is COc1cc(C(C)N2CCN(C)CC2CN)ccc1O. The van der Waals surface area contributed by atoms with E-state index in [1.807, 2.05) is 12.1 Å². The van der Waals surface area contributed by atoms with Gasteiger partial charge in [-0.15, -0.1) is 0 Å². The van der Waals surface area contributed by atoms with Gasteiger partial charge in [-0.05, 0) is 31.7 Å². The summed E-state index contributed by atoms with van der Waals surface area (Å²) in [7, 11) is 3.70. The molecule has 2 atom stereocenters. The molecule has 1 aliphatic heterocycles. The lowest BCUT2D eigenvalue weighted by molar-refractivity contribution is 0.0620. The summed E-state index contributed by atoms with van der Waals surface area (Å²) < 4.78 is 5.19. The van der Waals surface area contributed by atoms with Gasteiger partial charge in [0.05, 0.1) is 7.11 Å².